The van der Waals surface area contributed by atoms with Gasteiger partial charge in [0.15, 0.2) is 4.34 Å². The first-order chi connectivity index (χ1) is 9.63. The minimum Gasteiger partial charge on any atom is -0.235 e. The van der Waals surface area contributed by atoms with Gasteiger partial charge in [0, 0.05) is 16.0 Å². The molecule has 0 fully saturated rings. The zero-order valence-electron chi connectivity index (χ0n) is 10.8. The highest BCUT2D eigenvalue weighted by molar-refractivity contribution is 8.00. The van der Waals surface area contributed by atoms with Crippen molar-refractivity contribution in [1.82, 2.24) is 25.2 Å². The SMILES string of the molecule is Cc1ccc(-n2nnnc2Sc2nc(C)cs2)c(S)c1. The van der Waals surface area contributed by atoms with Gasteiger partial charge in [-0.3, -0.25) is 0 Å². The fourth-order valence-electron chi connectivity index (χ4n) is 1.66. The summed E-state index contributed by atoms with van der Waals surface area (Å²) in [6.45, 7) is 3.99. The topological polar surface area (TPSA) is 56.5 Å². The zero-order chi connectivity index (χ0) is 14.1. The molecule has 0 bridgehead atoms. The highest BCUT2D eigenvalue weighted by Crippen LogP contribution is 2.30. The molecule has 1 aromatic carbocycles. The molecule has 0 atom stereocenters. The van der Waals surface area contributed by atoms with Crippen LogP contribution in [0.3, 0.4) is 0 Å². The average molecular weight is 321 g/mol. The van der Waals surface area contributed by atoms with Crippen LogP contribution in [0.25, 0.3) is 5.69 Å². The van der Waals surface area contributed by atoms with Gasteiger partial charge in [0.2, 0.25) is 5.16 Å². The van der Waals surface area contributed by atoms with Crippen LogP contribution >= 0.6 is 35.7 Å². The van der Waals surface area contributed by atoms with E-state index in [-0.39, 0.29) is 0 Å². The summed E-state index contributed by atoms with van der Waals surface area (Å²) in [5.74, 6) is 0. The van der Waals surface area contributed by atoms with Crippen LogP contribution in [0.15, 0.2) is 38.0 Å². The van der Waals surface area contributed by atoms with Gasteiger partial charge < -0.3 is 0 Å². The second kappa shape index (κ2) is 5.55. The Kier molecular flexibility index (Phi) is 3.77. The molecule has 0 radical (unpaired) electrons. The number of aryl methyl sites for hydroxylation is 2. The van der Waals surface area contributed by atoms with Crippen LogP contribution in [0.1, 0.15) is 11.3 Å². The maximum atomic E-state index is 4.49. The fourth-order valence-corrected chi connectivity index (χ4v) is 3.76. The summed E-state index contributed by atoms with van der Waals surface area (Å²) in [4.78, 5) is 5.25. The Labute approximate surface area is 129 Å². The molecular formula is C12H11N5S3. The van der Waals surface area contributed by atoms with E-state index in [9.17, 15) is 0 Å². The summed E-state index contributed by atoms with van der Waals surface area (Å²) in [5.41, 5.74) is 3.01. The standard InChI is InChI=1S/C12H11N5S3/c1-7-3-4-9(10(18)5-7)17-11(14-15-16-17)20-12-13-8(2)6-19-12/h3-6,18H,1-2H3. The Hall–Kier alpha value is -1.38. The summed E-state index contributed by atoms with van der Waals surface area (Å²) < 4.78 is 2.61. The Morgan fingerprint density at radius 2 is 2.15 bits per heavy atom. The average Bonchev–Trinajstić information content (AvgIpc) is 3.00. The molecule has 2 aromatic heterocycles. The maximum Gasteiger partial charge on any atom is 0.221 e. The Bertz CT molecular complexity index is 749. The van der Waals surface area contributed by atoms with Gasteiger partial charge in [-0.05, 0) is 53.7 Å². The third kappa shape index (κ3) is 2.72. The number of benzene rings is 1. The van der Waals surface area contributed by atoms with Crippen LogP contribution < -0.4 is 0 Å². The van der Waals surface area contributed by atoms with Crippen molar-refractivity contribution in [2.24, 2.45) is 0 Å². The van der Waals surface area contributed by atoms with Gasteiger partial charge in [-0.25, -0.2) is 4.98 Å². The lowest BCUT2D eigenvalue weighted by atomic mass is 10.2. The Balaban J connectivity index is 1.97. The molecule has 0 aliphatic carbocycles. The van der Waals surface area contributed by atoms with E-state index in [2.05, 4.69) is 33.1 Å². The van der Waals surface area contributed by atoms with Crippen molar-refractivity contribution in [3.63, 3.8) is 0 Å². The first kappa shape index (κ1) is 13.6. The van der Waals surface area contributed by atoms with E-state index in [1.807, 2.05) is 37.4 Å². The molecule has 0 aliphatic heterocycles. The third-order valence-corrected chi connectivity index (χ3v) is 4.93. The number of thiol groups is 1. The predicted octanol–water partition coefficient (Wildman–Crippen LogP) is 3.18. The first-order valence-corrected chi connectivity index (χ1v) is 7.96. The smallest absolute Gasteiger partial charge is 0.221 e. The monoisotopic (exact) mass is 321 g/mol. The molecule has 0 saturated heterocycles. The lowest BCUT2D eigenvalue weighted by molar-refractivity contribution is 0.744. The minimum atomic E-state index is 0.679. The number of thiazole rings is 1. The number of rotatable bonds is 3. The van der Waals surface area contributed by atoms with Crippen LogP contribution in [0.4, 0.5) is 0 Å². The highest BCUT2D eigenvalue weighted by Gasteiger charge is 2.14. The molecule has 102 valence electrons. The van der Waals surface area contributed by atoms with Gasteiger partial charge in [-0.2, -0.15) is 4.68 Å². The molecule has 0 saturated carbocycles. The van der Waals surface area contributed by atoms with Gasteiger partial charge in [0.1, 0.15) is 0 Å². The van der Waals surface area contributed by atoms with Gasteiger partial charge in [-0.15, -0.1) is 29.1 Å². The van der Waals surface area contributed by atoms with Crippen LogP contribution in [0.2, 0.25) is 0 Å². The van der Waals surface area contributed by atoms with E-state index in [0.717, 1.165) is 26.2 Å². The Morgan fingerprint density at radius 1 is 1.30 bits per heavy atom. The number of nitrogens with zero attached hydrogens (tertiary/aromatic N) is 5. The van der Waals surface area contributed by atoms with Crippen LogP contribution in [0.5, 0.6) is 0 Å². The largest absolute Gasteiger partial charge is 0.235 e. The van der Waals surface area contributed by atoms with Crippen molar-refractivity contribution in [3.05, 3.63) is 34.8 Å². The number of hydrogen-bond acceptors (Lipinski definition) is 7. The van der Waals surface area contributed by atoms with Crippen molar-refractivity contribution < 1.29 is 0 Å². The molecule has 3 aromatic rings. The van der Waals surface area contributed by atoms with Gasteiger partial charge in [-0.1, -0.05) is 6.07 Å². The quantitative estimate of drug-likeness (QED) is 0.751. The second-order valence-corrected chi connectivity index (χ2v) is 6.78. The lowest BCUT2D eigenvalue weighted by Crippen LogP contribution is -2.00. The summed E-state index contributed by atoms with van der Waals surface area (Å²) in [7, 11) is 0. The molecule has 0 unspecified atom stereocenters. The van der Waals surface area contributed by atoms with E-state index in [1.165, 1.54) is 11.8 Å². The highest BCUT2D eigenvalue weighted by atomic mass is 32.2. The number of aromatic nitrogens is 5. The van der Waals surface area contributed by atoms with Crippen LogP contribution in [-0.4, -0.2) is 25.2 Å². The van der Waals surface area contributed by atoms with Gasteiger partial charge in [0.25, 0.3) is 0 Å². The summed E-state index contributed by atoms with van der Waals surface area (Å²) in [6.07, 6.45) is 0. The lowest BCUT2D eigenvalue weighted by Gasteiger charge is -2.06. The molecule has 2 heterocycles. The predicted molar refractivity (Wildman–Crippen MR) is 82.1 cm³/mol. The zero-order valence-corrected chi connectivity index (χ0v) is 13.3. The minimum absolute atomic E-state index is 0.679. The van der Waals surface area contributed by atoms with E-state index in [1.54, 1.807) is 16.0 Å². The van der Waals surface area contributed by atoms with E-state index < -0.39 is 0 Å². The molecule has 20 heavy (non-hydrogen) atoms. The molecule has 0 N–H and O–H groups in total. The second-order valence-electron chi connectivity index (χ2n) is 4.22. The normalized spacial score (nSPS) is 10.9. The van der Waals surface area contributed by atoms with Gasteiger partial charge >= 0.3 is 0 Å². The van der Waals surface area contributed by atoms with E-state index in [4.69, 9.17) is 0 Å². The van der Waals surface area contributed by atoms with Crippen molar-refractivity contribution in [3.8, 4) is 5.69 Å². The van der Waals surface area contributed by atoms with Crippen molar-refractivity contribution in [2.45, 2.75) is 28.2 Å². The van der Waals surface area contributed by atoms with Crippen LogP contribution in [0, 0.1) is 13.8 Å². The van der Waals surface area contributed by atoms with Gasteiger partial charge in [0.05, 0.1) is 5.69 Å². The van der Waals surface area contributed by atoms with Crippen molar-refractivity contribution >= 4 is 35.7 Å². The maximum absolute atomic E-state index is 4.49. The molecule has 0 amide bonds. The summed E-state index contributed by atoms with van der Waals surface area (Å²) in [5, 5.41) is 14.5. The Morgan fingerprint density at radius 3 is 2.85 bits per heavy atom. The van der Waals surface area contributed by atoms with Crippen LogP contribution in [-0.2, 0) is 0 Å². The fraction of sp³-hybridized carbons (Fsp3) is 0.167. The van der Waals surface area contributed by atoms with E-state index in [0.29, 0.717) is 5.16 Å². The molecule has 8 heteroatoms. The molecule has 0 aliphatic rings. The summed E-state index contributed by atoms with van der Waals surface area (Å²) >= 11 is 7.52. The molecular weight excluding hydrogens is 310 g/mol. The molecule has 5 nitrogen and oxygen atoms in total. The summed E-state index contributed by atoms with van der Waals surface area (Å²) in [6, 6.07) is 5.96. The van der Waals surface area contributed by atoms with Crippen molar-refractivity contribution in [1.29, 1.82) is 0 Å². The van der Waals surface area contributed by atoms with Crippen molar-refractivity contribution in [2.75, 3.05) is 0 Å². The number of tetrazole rings is 1. The molecule has 3 rings (SSSR count). The number of hydrogen-bond donors (Lipinski definition) is 1. The first-order valence-electron chi connectivity index (χ1n) is 5.82. The molecule has 0 spiro atoms. The van der Waals surface area contributed by atoms with E-state index >= 15 is 0 Å². The third-order valence-electron chi connectivity index (χ3n) is 2.58.